The summed E-state index contributed by atoms with van der Waals surface area (Å²) in [5, 5.41) is 19.6. The molecule has 1 amide bonds. The van der Waals surface area contributed by atoms with Crippen LogP contribution in [0.1, 0.15) is 33.5 Å². The van der Waals surface area contributed by atoms with Crippen LogP contribution in [0.25, 0.3) is 0 Å². The molecule has 0 fully saturated rings. The summed E-state index contributed by atoms with van der Waals surface area (Å²) >= 11 is 0. The Morgan fingerprint density at radius 3 is 2.70 bits per heavy atom. The standard InChI is InChI=1S/C12H15N5O3/c1-4-17-7(2)5-9(15-17)14-11(18)8-6-13-16(3)10(8)12(19)20/h5-6H,4H2,1-3H3,(H,19,20)(H,14,15,18). The highest BCUT2D eigenvalue weighted by Crippen LogP contribution is 2.13. The SMILES string of the molecule is CCn1nc(NC(=O)c2cnn(C)c2C(=O)O)cc1C. The normalized spacial score (nSPS) is 10.6. The van der Waals surface area contributed by atoms with Gasteiger partial charge in [-0.3, -0.25) is 14.2 Å². The maximum Gasteiger partial charge on any atom is 0.354 e. The molecule has 2 aromatic heterocycles. The second kappa shape index (κ2) is 5.16. The number of nitrogens with one attached hydrogen (secondary N) is 1. The van der Waals surface area contributed by atoms with E-state index in [1.807, 2.05) is 13.8 Å². The Balaban J connectivity index is 2.26. The molecule has 8 heteroatoms. The zero-order chi connectivity index (χ0) is 14.9. The fraction of sp³-hybridized carbons (Fsp3) is 0.333. The summed E-state index contributed by atoms with van der Waals surface area (Å²) in [6.45, 7) is 4.50. The van der Waals surface area contributed by atoms with Crippen LogP contribution in [0, 0.1) is 6.92 Å². The molecule has 2 rings (SSSR count). The highest BCUT2D eigenvalue weighted by molar-refractivity contribution is 6.09. The summed E-state index contributed by atoms with van der Waals surface area (Å²) < 4.78 is 2.88. The zero-order valence-electron chi connectivity index (χ0n) is 11.4. The fourth-order valence-corrected chi connectivity index (χ4v) is 1.93. The number of nitrogens with zero attached hydrogens (tertiary/aromatic N) is 4. The molecule has 0 spiro atoms. The van der Waals surface area contributed by atoms with Gasteiger partial charge in [0, 0.05) is 25.4 Å². The van der Waals surface area contributed by atoms with Crippen LogP contribution < -0.4 is 5.32 Å². The molecule has 20 heavy (non-hydrogen) atoms. The highest BCUT2D eigenvalue weighted by Gasteiger charge is 2.22. The van der Waals surface area contributed by atoms with Crippen molar-refractivity contribution in [1.82, 2.24) is 19.6 Å². The molecule has 0 saturated heterocycles. The quantitative estimate of drug-likeness (QED) is 0.864. The molecular weight excluding hydrogens is 262 g/mol. The number of carbonyl (C=O) groups is 2. The van der Waals surface area contributed by atoms with Crippen molar-refractivity contribution in [2.75, 3.05) is 5.32 Å². The number of carboxylic acid groups (broad SMARTS) is 1. The van der Waals surface area contributed by atoms with Gasteiger partial charge in [-0.05, 0) is 13.8 Å². The van der Waals surface area contributed by atoms with Crippen LogP contribution in [0.15, 0.2) is 12.3 Å². The van der Waals surface area contributed by atoms with Crippen molar-refractivity contribution < 1.29 is 14.7 Å². The van der Waals surface area contributed by atoms with Crippen molar-refractivity contribution >= 4 is 17.7 Å². The number of amides is 1. The van der Waals surface area contributed by atoms with Crippen molar-refractivity contribution in [2.45, 2.75) is 20.4 Å². The molecule has 2 aromatic rings. The van der Waals surface area contributed by atoms with E-state index in [1.54, 1.807) is 10.7 Å². The summed E-state index contributed by atoms with van der Waals surface area (Å²) in [6, 6.07) is 1.72. The van der Waals surface area contributed by atoms with Crippen LogP contribution in [-0.4, -0.2) is 36.5 Å². The first-order chi connectivity index (χ1) is 9.43. The lowest BCUT2D eigenvalue weighted by molar-refractivity contribution is 0.0680. The summed E-state index contributed by atoms with van der Waals surface area (Å²) in [4.78, 5) is 23.2. The summed E-state index contributed by atoms with van der Waals surface area (Å²) in [5.74, 6) is -1.36. The summed E-state index contributed by atoms with van der Waals surface area (Å²) in [5.41, 5.74) is 0.755. The lowest BCUT2D eigenvalue weighted by Gasteiger charge is -2.02. The Bertz CT molecular complexity index is 671. The largest absolute Gasteiger partial charge is 0.477 e. The van der Waals surface area contributed by atoms with Gasteiger partial charge in [0.2, 0.25) is 0 Å². The van der Waals surface area contributed by atoms with E-state index in [0.717, 1.165) is 10.4 Å². The Morgan fingerprint density at radius 2 is 2.15 bits per heavy atom. The Kier molecular flexibility index (Phi) is 3.55. The van der Waals surface area contributed by atoms with Gasteiger partial charge in [0.15, 0.2) is 11.5 Å². The van der Waals surface area contributed by atoms with Crippen LogP contribution in [0.3, 0.4) is 0 Å². The van der Waals surface area contributed by atoms with E-state index in [2.05, 4.69) is 15.5 Å². The Morgan fingerprint density at radius 1 is 1.45 bits per heavy atom. The molecule has 0 bridgehead atoms. The first-order valence-corrected chi connectivity index (χ1v) is 6.05. The molecule has 8 nitrogen and oxygen atoms in total. The molecule has 0 aromatic carbocycles. The average molecular weight is 277 g/mol. The molecule has 0 radical (unpaired) electrons. The Hall–Kier alpha value is -2.64. The number of carbonyl (C=O) groups excluding carboxylic acids is 1. The predicted octanol–water partition coefficient (Wildman–Crippen LogP) is 0.895. The van der Waals surface area contributed by atoms with Gasteiger partial charge in [-0.1, -0.05) is 0 Å². The van der Waals surface area contributed by atoms with Gasteiger partial charge < -0.3 is 10.4 Å². The molecule has 0 aliphatic heterocycles. The number of anilines is 1. The van der Waals surface area contributed by atoms with E-state index >= 15 is 0 Å². The number of hydrogen-bond acceptors (Lipinski definition) is 4. The third-order valence-corrected chi connectivity index (χ3v) is 2.91. The first kappa shape index (κ1) is 13.8. The second-order valence-corrected chi connectivity index (χ2v) is 4.28. The van der Waals surface area contributed by atoms with Crippen LogP contribution in [-0.2, 0) is 13.6 Å². The Labute approximate surface area is 115 Å². The third kappa shape index (κ3) is 2.40. The maximum atomic E-state index is 12.1. The molecule has 2 N–H and O–H groups in total. The fourth-order valence-electron chi connectivity index (χ4n) is 1.93. The van der Waals surface area contributed by atoms with Crippen molar-refractivity contribution in [2.24, 2.45) is 7.05 Å². The number of aromatic nitrogens is 4. The molecule has 0 unspecified atom stereocenters. The molecule has 0 saturated carbocycles. The molecular formula is C12H15N5O3. The minimum absolute atomic E-state index is 0.00343. The predicted molar refractivity (Wildman–Crippen MR) is 70.8 cm³/mol. The third-order valence-electron chi connectivity index (χ3n) is 2.91. The van der Waals surface area contributed by atoms with Gasteiger partial charge in [-0.15, -0.1) is 0 Å². The van der Waals surface area contributed by atoms with Crippen molar-refractivity contribution in [1.29, 1.82) is 0 Å². The summed E-state index contributed by atoms with van der Waals surface area (Å²) in [7, 11) is 1.47. The van der Waals surface area contributed by atoms with Gasteiger partial charge in [0.25, 0.3) is 5.91 Å². The second-order valence-electron chi connectivity index (χ2n) is 4.28. The van der Waals surface area contributed by atoms with Gasteiger partial charge in [0.1, 0.15) is 0 Å². The van der Waals surface area contributed by atoms with Crippen LogP contribution in [0.4, 0.5) is 5.82 Å². The number of carboxylic acids is 1. The van der Waals surface area contributed by atoms with Gasteiger partial charge in [-0.25, -0.2) is 4.79 Å². The number of aromatic carboxylic acids is 1. The van der Waals surface area contributed by atoms with E-state index in [-0.39, 0.29) is 11.3 Å². The van der Waals surface area contributed by atoms with E-state index in [0.29, 0.717) is 12.4 Å². The molecule has 2 heterocycles. The molecule has 0 atom stereocenters. The number of rotatable bonds is 4. The van der Waals surface area contributed by atoms with E-state index in [4.69, 9.17) is 5.11 Å². The first-order valence-electron chi connectivity index (χ1n) is 6.05. The molecule has 106 valence electrons. The zero-order valence-corrected chi connectivity index (χ0v) is 11.4. The summed E-state index contributed by atoms with van der Waals surface area (Å²) in [6.07, 6.45) is 1.22. The van der Waals surface area contributed by atoms with Crippen molar-refractivity contribution in [3.8, 4) is 0 Å². The van der Waals surface area contributed by atoms with Crippen molar-refractivity contribution in [3.63, 3.8) is 0 Å². The molecule has 0 aliphatic carbocycles. The monoisotopic (exact) mass is 277 g/mol. The van der Waals surface area contributed by atoms with Crippen molar-refractivity contribution in [3.05, 3.63) is 29.2 Å². The molecule has 0 aliphatic rings. The van der Waals surface area contributed by atoms with Crippen LogP contribution in [0.5, 0.6) is 0 Å². The number of hydrogen-bond donors (Lipinski definition) is 2. The van der Waals surface area contributed by atoms with Crippen LogP contribution in [0.2, 0.25) is 0 Å². The van der Waals surface area contributed by atoms with E-state index < -0.39 is 11.9 Å². The minimum atomic E-state index is -1.20. The van der Waals surface area contributed by atoms with Gasteiger partial charge in [-0.2, -0.15) is 10.2 Å². The van der Waals surface area contributed by atoms with E-state index in [1.165, 1.54) is 13.2 Å². The lowest BCUT2D eigenvalue weighted by Crippen LogP contribution is -2.17. The van der Waals surface area contributed by atoms with E-state index in [9.17, 15) is 9.59 Å². The average Bonchev–Trinajstić information content (AvgIpc) is 2.92. The maximum absolute atomic E-state index is 12.1. The minimum Gasteiger partial charge on any atom is -0.477 e. The van der Waals surface area contributed by atoms with Gasteiger partial charge in [0.05, 0.1) is 11.8 Å². The topological polar surface area (TPSA) is 102 Å². The smallest absolute Gasteiger partial charge is 0.354 e. The lowest BCUT2D eigenvalue weighted by atomic mass is 10.2. The van der Waals surface area contributed by atoms with Crippen LogP contribution >= 0.6 is 0 Å². The highest BCUT2D eigenvalue weighted by atomic mass is 16.4. The number of aryl methyl sites for hydroxylation is 3. The van der Waals surface area contributed by atoms with Gasteiger partial charge >= 0.3 is 5.97 Å².